The van der Waals surface area contributed by atoms with Gasteiger partial charge in [0.1, 0.15) is 25.6 Å². The third-order valence-electron chi connectivity index (χ3n) is 3.12. The summed E-state index contributed by atoms with van der Waals surface area (Å²) in [6.07, 6.45) is -0.604. The van der Waals surface area contributed by atoms with Gasteiger partial charge in [-0.2, -0.15) is 0 Å². The molecule has 10 heteroatoms. The number of carbonyl (C=O) groups is 2. The molecule has 0 fully saturated rings. The van der Waals surface area contributed by atoms with Gasteiger partial charge in [-0.3, -0.25) is 0 Å². The number of nitrogens with one attached hydrogen (secondary N) is 1. The Morgan fingerprint density at radius 2 is 1.48 bits per heavy atom. The molecule has 0 spiro atoms. The molecule has 0 aliphatic carbocycles. The fraction of sp³-hybridized carbons (Fsp3) is 0.474. The Bertz CT molecular complexity index is 650. The van der Waals surface area contributed by atoms with Gasteiger partial charge in [0.15, 0.2) is 0 Å². The zero-order chi connectivity index (χ0) is 21.5. The first-order chi connectivity index (χ1) is 13.9. The van der Waals surface area contributed by atoms with Gasteiger partial charge >= 0.3 is 12.1 Å². The lowest BCUT2D eigenvalue weighted by Crippen LogP contribution is -2.29. The average molecular weight is 539 g/mol. The van der Waals surface area contributed by atoms with Gasteiger partial charge in [0, 0.05) is 14.5 Å². The molecule has 0 saturated heterocycles. The van der Waals surface area contributed by atoms with Crippen LogP contribution < -0.4 is 10.1 Å². The minimum Gasteiger partial charge on any atom is -0.491 e. The molecule has 0 radical (unpaired) electrons. The number of amides is 1. The molecule has 162 valence electrons. The lowest BCUT2D eigenvalue weighted by atomic mass is 10.3. The third-order valence-corrected chi connectivity index (χ3v) is 4.03. The highest BCUT2D eigenvalue weighted by Gasteiger charge is 2.04. The first kappa shape index (κ1) is 25.4. The fourth-order valence-electron chi connectivity index (χ4n) is 1.82. The molecule has 0 aliphatic heterocycles. The Kier molecular flexibility index (Phi) is 13.4. The highest BCUT2D eigenvalue weighted by Crippen LogP contribution is 2.24. The van der Waals surface area contributed by atoms with E-state index in [2.05, 4.69) is 43.8 Å². The molecule has 8 nitrogen and oxygen atoms in total. The molecule has 0 saturated carbocycles. The lowest BCUT2D eigenvalue weighted by molar-refractivity contribution is -0.138. The van der Waals surface area contributed by atoms with Crippen molar-refractivity contribution >= 4 is 43.9 Å². The maximum Gasteiger partial charge on any atom is 0.407 e. The summed E-state index contributed by atoms with van der Waals surface area (Å²) in [5, 5.41) is 2.45. The standard InChI is InChI=1S/C19H25Br2NO7/c1-14(2)18(23)28-4-3-22-19(24)29-10-8-26-6-5-25-7-9-27-17-12-15(20)11-16(21)13-17/h11-13H,1,3-10H2,2H3,(H,22,24). The molecule has 0 atom stereocenters. The van der Waals surface area contributed by atoms with Crippen molar-refractivity contribution in [3.05, 3.63) is 39.3 Å². The minimum atomic E-state index is -0.604. The summed E-state index contributed by atoms with van der Waals surface area (Å²) in [7, 11) is 0. The molecular formula is C19H25Br2NO7. The molecule has 1 rings (SSSR count). The second kappa shape index (κ2) is 15.3. The number of ether oxygens (including phenoxy) is 5. The van der Waals surface area contributed by atoms with Crippen LogP contribution in [-0.2, 0) is 23.7 Å². The number of halogens is 2. The molecule has 0 aromatic heterocycles. The minimum absolute atomic E-state index is 0.0527. The normalized spacial score (nSPS) is 10.3. The molecule has 0 unspecified atom stereocenters. The number of alkyl carbamates (subject to hydrolysis) is 1. The monoisotopic (exact) mass is 537 g/mol. The van der Waals surface area contributed by atoms with Crippen LogP contribution in [0.15, 0.2) is 39.3 Å². The van der Waals surface area contributed by atoms with Crippen LogP contribution in [0.3, 0.4) is 0 Å². The van der Waals surface area contributed by atoms with Crippen LogP contribution in [0, 0.1) is 0 Å². The van der Waals surface area contributed by atoms with E-state index in [1.54, 1.807) is 6.92 Å². The van der Waals surface area contributed by atoms with Gasteiger partial charge in [0.2, 0.25) is 0 Å². The molecular weight excluding hydrogens is 514 g/mol. The van der Waals surface area contributed by atoms with Gasteiger partial charge in [0.05, 0.1) is 33.0 Å². The van der Waals surface area contributed by atoms with Crippen molar-refractivity contribution in [1.29, 1.82) is 0 Å². The highest BCUT2D eigenvalue weighted by molar-refractivity contribution is 9.11. The van der Waals surface area contributed by atoms with E-state index in [-0.39, 0.29) is 26.4 Å². The van der Waals surface area contributed by atoms with Crippen LogP contribution in [0.5, 0.6) is 5.75 Å². The van der Waals surface area contributed by atoms with Crippen molar-refractivity contribution < 1.29 is 33.3 Å². The van der Waals surface area contributed by atoms with Crippen LogP contribution in [0.2, 0.25) is 0 Å². The fourth-order valence-corrected chi connectivity index (χ4v) is 3.07. The smallest absolute Gasteiger partial charge is 0.407 e. The summed E-state index contributed by atoms with van der Waals surface area (Å²) in [6, 6.07) is 5.67. The van der Waals surface area contributed by atoms with Gasteiger partial charge in [-0.1, -0.05) is 38.4 Å². The highest BCUT2D eigenvalue weighted by atomic mass is 79.9. The van der Waals surface area contributed by atoms with Gasteiger partial charge in [0.25, 0.3) is 0 Å². The van der Waals surface area contributed by atoms with Crippen LogP contribution in [0.4, 0.5) is 4.79 Å². The van der Waals surface area contributed by atoms with Gasteiger partial charge in [-0.05, 0) is 25.1 Å². The molecule has 0 heterocycles. The van der Waals surface area contributed by atoms with Crippen LogP contribution in [0.1, 0.15) is 6.92 Å². The molecule has 1 amide bonds. The van der Waals surface area contributed by atoms with Crippen LogP contribution in [0.25, 0.3) is 0 Å². The van der Waals surface area contributed by atoms with Crippen LogP contribution >= 0.6 is 31.9 Å². The number of carbonyl (C=O) groups excluding carboxylic acids is 2. The molecule has 29 heavy (non-hydrogen) atoms. The molecule has 1 aromatic carbocycles. The summed E-state index contributed by atoms with van der Waals surface area (Å²) in [4.78, 5) is 22.5. The van der Waals surface area contributed by atoms with E-state index in [4.69, 9.17) is 23.7 Å². The van der Waals surface area contributed by atoms with Crippen molar-refractivity contribution in [2.45, 2.75) is 6.92 Å². The van der Waals surface area contributed by atoms with Crippen molar-refractivity contribution in [1.82, 2.24) is 5.32 Å². The molecule has 1 aromatic rings. The zero-order valence-corrected chi connectivity index (χ0v) is 19.4. The van der Waals surface area contributed by atoms with Crippen molar-refractivity contribution in [3.63, 3.8) is 0 Å². The van der Waals surface area contributed by atoms with E-state index in [0.717, 1.165) is 14.7 Å². The quantitative estimate of drug-likeness (QED) is 0.220. The first-order valence-electron chi connectivity index (χ1n) is 8.86. The Hall–Kier alpha value is -1.62. The number of rotatable bonds is 14. The summed E-state index contributed by atoms with van der Waals surface area (Å²) in [5.74, 6) is 0.249. The Labute approximate surface area is 187 Å². The van der Waals surface area contributed by atoms with E-state index in [9.17, 15) is 9.59 Å². The van der Waals surface area contributed by atoms with E-state index >= 15 is 0 Å². The second-order valence-corrected chi connectivity index (χ2v) is 7.49. The second-order valence-electron chi connectivity index (χ2n) is 5.66. The number of hydrogen-bond donors (Lipinski definition) is 1. The van der Waals surface area contributed by atoms with E-state index in [1.807, 2.05) is 18.2 Å². The number of hydrogen-bond acceptors (Lipinski definition) is 7. The van der Waals surface area contributed by atoms with Crippen LogP contribution in [-0.4, -0.2) is 64.9 Å². The van der Waals surface area contributed by atoms with E-state index in [1.165, 1.54) is 0 Å². The van der Waals surface area contributed by atoms with E-state index in [0.29, 0.717) is 32.0 Å². The SMILES string of the molecule is C=C(C)C(=O)OCCNC(=O)OCCOCCOCCOc1cc(Br)cc(Br)c1. The summed E-state index contributed by atoms with van der Waals surface area (Å²) in [6.45, 7) is 7.22. The average Bonchev–Trinajstić information content (AvgIpc) is 2.65. The predicted octanol–water partition coefficient (Wildman–Crippen LogP) is 3.47. The Balaban J connectivity index is 1.90. The number of esters is 1. The van der Waals surface area contributed by atoms with Gasteiger partial charge < -0.3 is 29.0 Å². The van der Waals surface area contributed by atoms with Crippen molar-refractivity contribution in [2.24, 2.45) is 0 Å². The first-order valence-corrected chi connectivity index (χ1v) is 10.4. The maximum absolute atomic E-state index is 11.4. The molecule has 0 bridgehead atoms. The third kappa shape index (κ3) is 13.3. The predicted molar refractivity (Wildman–Crippen MR) is 114 cm³/mol. The molecule has 1 N–H and O–H groups in total. The number of benzene rings is 1. The molecule has 0 aliphatic rings. The topological polar surface area (TPSA) is 92.3 Å². The summed E-state index contributed by atoms with van der Waals surface area (Å²) < 4.78 is 27.9. The summed E-state index contributed by atoms with van der Waals surface area (Å²) >= 11 is 6.79. The zero-order valence-electron chi connectivity index (χ0n) is 16.2. The van der Waals surface area contributed by atoms with E-state index < -0.39 is 12.1 Å². The van der Waals surface area contributed by atoms with Crippen molar-refractivity contribution in [3.8, 4) is 5.75 Å². The Morgan fingerprint density at radius 1 is 0.897 bits per heavy atom. The van der Waals surface area contributed by atoms with Gasteiger partial charge in [-0.25, -0.2) is 9.59 Å². The van der Waals surface area contributed by atoms with Crippen molar-refractivity contribution in [2.75, 3.05) is 52.8 Å². The maximum atomic E-state index is 11.4. The van der Waals surface area contributed by atoms with Gasteiger partial charge in [-0.15, -0.1) is 0 Å². The largest absolute Gasteiger partial charge is 0.491 e. The Morgan fingerprint density at radius 3 is 2.10 bits per heavy atom. The lowest BCUT2D eigenvalue weighted by Gasteiger charge is -2.09. The summed E-state index contributed by atoms with van der Waals surface area (Å²) in [5.41, 5.74) is 0.305.